The summed E-state index contributed by atoms with van der Waals surface area (Å²) in [5.74, 6) is 0.697. The van der Waals surface area contributed by atoms with Crippen LogP contribution in [0.15, 0.2) is 52.2 Å². The maximum atomic E-state index is 13.0. The van der Waals surface area contributed by atoms with Gasteiger partial charge in [-0.05, 0) is 75.4 Å². The largest absolute Gasteiger partial charge is 0.371 e. The van der Waals surface area contributed by atoms with Gasteiger partial charge in [-0.3, -0.25) is 9.36 Å². The fourth-order valence-electron chi connectivity index (χ4n) is 4.44. The van der Waals surface area contributed by atoms with Crippen LogP contribution >= 0.6 is 11.3 Å². The molecule has 1 aliphatic heterocycles. The summed E-state index contributed by atoms with van der Waals surface area (Å²) < 4.78 is 31.2. The molecular formula is C24H31N3O3S2. The van der Waals surface area contributed by atoms with Gasteiger partial charge >= 0.3 is 4.87 Å². The van der Waals surface area contributed by atoms with E-state index in [9.17, 15) is 13.2 Å². The number of thiazole rings is 1. The van der Waals surface area contributed by atoms with Crippen molar-refractivity contribution in [1.29, 1.82) is 0 Å². The lowest BCUT2D eigenvalue weighted by molar-refractivity contribution is 0.447. The van der Waals surface area contributed by atoms with Crippen LogP contribution < -0.4 is 14.5 Å². The number of rotatable bonds is 6. The Morgan fingerprint density at radius 2 is 1.81 bits per heavy atom. The number of aromatic nitrogens is 1. The Bertz CT molecular complexity index is 1260. The molecule has 8 heteroatoms. The first-order valence-corrected chi connectivity index (χ1v) is 13.5. The molecule has 0 amide bonds. The van der Waals surface area contributed by atoms with Crippen molar-refractivity contribution in [2.75, 3.05) is 18.0 Å². The number of nitrogens with zero attached hydrogens (tertiary/aromatic N) is 2. The average molecular weight is 474 g/mol. The SMILES string of the molecule is CC(C)n1c(=O)sc2cc(S(=O)(=O)N[C@@H](C)c3ccc(N4CCC[C@H](C)C4)cc3)ccc21. The van der Waals surface area contributed by atoms with Crippen molar-refractivity contribution in [3.05, 3.63) is 57.7 Å². The third kappa shape index (κ3) is 4.63. The van der Waals surface area contributed by atoms with E-state index < -0.39 is 10.0 Å². The molecule has 0 saturated carbocycles. The highest BCUT2D eigenvalue weighted by Crippen LogP contribution is 2.27. The molecule has 0 unspecified atom stereocenters. The van der Waals surface area contributed by atoms with Gasteiger partial charge in [-0.15, -0.1) is 0 Å². The Labute approximate surface area is 193 Å². The molecular weight excluding hydrogens is 442 g/mol. The highest BCUT2D eigenvalue weighted by Gasteiger charge is 2.21. The van der Waals surface area contributed by atoms with Gasteiger partial charge in [-0.25, -0.2) is 13.1 Å². The number of benzene rings is 2. The molecule has 1 fully saturated rings. The number of anilines is 1. The molecule has 0 spiro atoms. The zero-order chi connectivity index (χ0) is 23.0. The Kier molecular flexibility index (Phi) is 6.47. The number of hydrogen-bond donors (Lipinski definition) is 1. The van der Waals surface area contributed by atoms with Gasteiger partial charge in [0.1, 0.15) is 0 Å². The minimum atomic E-state index is -3.73. The van der Waals surface area contributed by atoms with E-state index in [1.807, 2.05) is 32.9 Å². The number of piperidine rings is 1. The highest BCUT2D eigenvalue weighted by molar-refractivity contribution is 7.89. The Morgan fingerprint density at radius 1 is 1.09 bits per heavy atom. The normalized spacial score (nSPS) is 18.4. The molecule has 1 N–H and O–H groups in total. The lowest BCUT2D eigenvalue weighted by Gasteiger charge is -2.33. The Balaban J connectivity index is 1.52. The first-order valence-electron chi connectivity index (χ1n) is 11.2. The summed E-state index contributed by atoms with van der Waals surface area (Å²) >= 11 is 1.08. The van der Waals surface area contributed by atoms with Gasteiger partial charge in [-0.2, -0.15) is 0 Å². The summed E-state index contributed by atoms with van der Waals surface area (Å²) in [6.45, 7) is 10.2. The van der Waals surface area contributed by atoms with Crippen molar-refractivity contribution in [2.24, 2.45) is 5.92 Å². The van der Waals surface area contributed by atoms with E-state index in [1.54, 1.807) is 22.8 Å². The van der Waals surface area contributed by atoms with Crippen molar-refractivity contribution in [1.82, 2.24) is 9.29 Å². The average Bonchev–Trinajstić information content (AvgIpc) is 3.08. The van der Waals surface area contributed by atoms with Gasteiger partial charge in [0.25, 0.3) is 0 Å². The fourth-order valence-corrected chi connectivity index (χ4v) is 6.82. The third-order valence-electron chi connectivity index (χ3n) is 6.16. The first kappa shape index (κ1) is 23.0. The molecule has 0 bridgehead atoms. The van der Waals surface area contributed by atoms with Crippen LogP contribution in [-0.2, 0) is 10.0 Å². The number of nitrogens with one attached hydrogen (secondary N) is 1. The molecule has 0 aliphatic carbocycles. The van der Waals surface area contributed by atoms with Crippen molar-refractivity contribution < 1.29 is 8.42 Å². The Hall–Kier alpha value is -2.16. The zero-order valence-electron chi connectivity index (χ0n) is 19.0. The molecule has 3 aromatic rings. The topological polar surface area (TPSA) is 71.4 Å². The van der Waals surface area contributed by atoms with E-state index in [1.165, 1.54) is 18.5 Å². The van der Waals surface area contributed by atoms with Crippen molar-refractivity contribution in [3.8, 4) is 0 Å². The van der Waals surface area contributed by atoms with E-state index in [0.717, 1.165) is 35.5 Å². The summed E-state index contributed by atoms with van der Waals surface area (Å²) in [4.78, 5) is 14.8. The fraction of sp³-hybridized carbons (Fsp3) is 0.458. The molecule has 4 rings (SSSR count). The number of hydrogen-bond acceptors (Lipinski definition) is 5. The predicted octanol–water partition coefficient (Wildman–Crippen LogP) is 4.92. The monoisotopic (exact) mass is 473 g/mol. The van der Waals surface area contributed by atoms with E-state index in [0.29, 0.717) is 10.6 Å². The molecule has 172 valence electrons. The van der Waals surface area contributed by atoms with Crippen LogP contribution in [0.1, 0.15) is 58.2 Å². The van der Waals surface area contributed by atoms with Crippen molar-refractivity contribution in [2.45, 2.75) is 57.5 Å². The zero-order valence-corrected chi connectivity index (χ0v) is 20.7. The first-order chi connectivity index (χ1) is 15.2. The van der Waals surface area contributed by atoms with Gasteiger partial charge in [-0.1, -0.05) is 30.4 Å². The van der Waals surface area contributed by atoms with Gasteiger partial charge in [0.15, 0.2) is 0 Å². The smallest absolute Gasteiger partial charge is 0.308 e. The van der Waals surface area contributed by atoms with Crippen LogP contribution in [0.2, 0.25) is 0 Å². The maximum Gasteiger partial charge on any atom is 0.308 e. The second-order valence-corrected chi connectivity index (χ2v) is 11.8. The minimum Gasteiger partial charge on any atom is -0.371 e. The van der Waals surface area contributed by atoms with Crippen LogP contribution in [-0.4, -0.2) is 26.1 Å². The van der Waals surface area contributed by atoms with Gasteiger partial charge < -0.3 is 4.90 Å². The van der Waals surface area contributed by atoms with Crippen molar-refractivity contribution >= 4 is 37.3 Å². The molecule has 1 aliphatic rings. The standard InChI is InChI=1S/C24H31N3O3S2/c1-16(2)27-22-12-11-21(14-23(22)31-24(27)28)32(29,30)25-18(4)19-7-9-20(10-8-19)26-13-5-6-17(3)15-26/h7-12,14,16-18,25H,5-6,13,15H2,1-4H3/t17-,18-/m0/s1. The molecule has 2 aromatic carbocycles. The van der Waals surface area contributed by atoms with E-state index in [4.69, 9.17) is 0 Å². The molecule has 2 atom stereocenters. The summed E-state index contributed by atoms with van der Waals surface area (Å²) in [7, 11) is -3.73. The van der Waals surface area contributed by atoms with Crippen molar-refractivity contribution in [3.63, 3.8) is 0 Å². The molecule has 32 heavy (non-hydrogen) atoms. The summed E-state index contributed by atoms with van der Waals surface area (Å²) in [6, 6.07) is 12.7. The molecule has 1 saturated heterocycles. The van der Waals surface area contributed by atoms with Crippen LogP contribution in [0.4, 0.5) is 5.69 Å². The lowest BCUT2D eigenvalue weighted by Crippen LogP contribution is -2.34. The van der Waals surface area contributed by atoms with Gasteiger partial charge in [0.2, 0.25) is 10.0 Å². The summed E-state index contributed by atoms with van der Waals surface area (Å²) in [6.07, 6.45) is 2.48. The quantitative estimate of drug-likeness (QED) is 0.552. The third-order valence-corrected chi connectivity index (χ3v) is 8.62. The van der Waals surface area contributed by atoms with E-state index in [-0.39, 0.29) is 21.9 Å². The second-order valence-electron chi connectivity index (χ2n) is 9.09. The van der Waals surface area contributed by atoms with Crippen LogP contribution in [0.3, 0.4) is 0 Å². The number of fused-ring (bicyclic) bond motifs is 1. The number of sulfonamides is 1. The second kappa shape index (κ2) is 9.00. The molecule has 0 radical (unpaired) electrons. The maximum absolute atomic E-state index is 13.0. The van der Waals surface area contributed by atoms with Crippen LogP contribution in [0, 0.1) is 5.92 Å². The van der Waals surface area contributed by atoms with E-state index >= 15 is 0 Å². The molecule has 1 aromatic heterocycles. The lowest BCUT2D eigenvalue weighted by atomic mass is 9.99. The highest BCUT2D eigenvalue weighted by atomic mass is 32.2. The van der Waals surface area contributed by atoms with E-state index in [2.05, 4.69) is 28.7 Å². The Morgan fingerprint density at radius 3 is 2.47 bits per heavy atom. The molecule has 2 heterocycles. The van der Waals surface area contributed by atoms with Crippen LogP contribution in [0.25, 0.3) is 10.2 Å². The van der Waals surface area contributed by atoms with Crippen LogP contribution in [0.5, 0.6) is 0 Å². The predicted molar refractivity (Wildman–Crippen MR) is 132 cm³/mol. The van der Waals surface area contributed by atoms with Gasteiger partial charge in [0.05, 0.1) is 15.1 Å². The molecule has 6 nitrogen and oxygen atoms in total. The van der Waals surface area contributed by atoms with Gasteiger partial charge in [0, 0.05) is 30.9 Å². The summed E-state index contributed by atoms with van der Waals surface area (Å²) in [5.41, 5.74) is 2.87. The summed E-state index contributed by atoms with van der Waals surface area (Å²) in [5, 5.41) is 0. The minimum absolute atomic E-state index is 0.0213.